The van der Waals surface area contributed by atoms with E-state index in [9.17, 15) is 9.59 Å². The molecule has 0 saturated heterocycles. The zero-order valence-electron chi connectivity index (χ0n) is 11.5. The van der Waals surface area contributed by atoms with Crippen molar-refractivity contribution in [1.82, 2.24) is 29.9 Å². The van der Waals surface area contributed by atoms with Crippen molar-refractivity contribution < 1.29 is 15.1 Å². The molecule has 2 aromatic rings. The van der Waals surface area contributed by atoms with E-state index >= 15 is 0 Å². The summed E-state index contributed by atoms with van der Waals surface area (Å²) < 4.78 is 0. The van der Waals surface area contributed by atoms with Crippen LogP contribution in [0.15, 0.2) is 0 Å². The fourth-order valence-corrected chi connectivity index (χ4v) is 1.05. The maximum atomic E-state index is 9.90. The molecule has 15 nitrogen and oxygen atoms in total. The van der Waals surface area contributed by atoms with E-state index in [0.717, 1.165) is 0 Å². The molecule has 0 aromatic carbocycles. The zero-order chi connectivity index (χ0) is 16.5. The van der Waals surface area contributed by atoms with Crippen molar-refractivity contribution in [2.75, 3.05) is 33.6 Å². The van der Waals surface area contributed by atoms with Crippen molar-refractivity contribution in [3.63, 3.8) is 0 Å². The summed E-state index contributed by atoms with van der Waals surface area (Å²) in [5, 5.41) is 4.37. The molecule has 23 heavy (non-hydrogen) atoms. The van der Waals surface area contributed by atoms with E-state index in [1.807, 2.05) is 0 Å². The van der Waals surface area contributed by atoms with Gasteiger partial charge in [0.2, 0.25) is 48.5 Å². The van der Waals surface area contributed by atoms with E-state index in [1.165, 1.54) is 0 Å². The largest absolute Gasteiger partial charge is 0.412 e. The van der Waals surface area contributed by atoms with E-state index in [4.69, 9.17) is 22.9 Å². The highest BCUT2D eigenvalue weighted by Crippen LogP contribution is 2.01. The second-order valence-electron chi connectivity index (χ2n) is 3.28. The molecule has 15 heteroatoms. The third-order valence-electron chi connectivity index (χ3n) is 1.72. The van der Waals surface area contributed by atoms with Crippen LogP contribution in [0.3, 0.4) is 0 Å². The standard InChI is InChI=1S/2C4H6N6O.H2O/c2*5-2-8-3(6)10-4(9-2)7-1-11;/h2*1H,(H5,5,6,7,8,9,10,11);1H2. The van der Waals surface area contributed by atoms with Crippen LogP contribution in [-0.2, 0) is 9.59 Å². The van der Waals surface area contributed by atoms with Gasteiger partial charge in [0.1, 0.15) is 0 Å². The summed E-state index contributed by atoms with van der Waals surface area (Å²) in [6, 6.07) is 0. The lowest BCUT2D eigenvalue weighted by atomic mass is 10.8. The van der Waals surface area contributed by atoms with Gasteiger partial charge >= 0.3 is 0 Å². The van der Waals surface area contributed by atoms with Crippen molar-refractivity contribution in [2.45, 2.75) is 0 Å². The fraction of sp³-hybridized carbons (Fsp3) is 0. The minimum Gasteiger partial charge on any atom is -0.412 e. The Labute approximate surface area is 128 Å². The maximum Gasteiger partial charge on any atom is 0.235 e. The van der Waals surface area contributed by atoms with Gasteiger partial charge in [0, 0.05) is 0 Å². The van der Waals surface area contributed by atoms with Crippen molar-refractivity contribution >= 4 is 48.5 Å². The van der Waals surface area contributed by atoms with Gasteiger partial charge in [-0.1, -0.05) is 0 Å². The monoisotopic (exact) mass is 326 g/mol. The SMILES string of the molecule is Nc1nc(N)nc(NC=O)n1.Nc1nc(N)nc(NC=O)n1.O. The molecule has 2 rings (SSSR count). The van der Waals surface area contributed by atoms with Gasteiger partial charge in [0.15, 0.2) is 0 Å². The summed E-state index contributed by atoms with van der Waals surface area (Å²) in [7, 11) is 0. The third-order valence-corrected chi connectivity index (χ3v) is 1.72. The molecule has 0 fully saturated rings. The fourth-order valence-electron chi connectivity index (χ4n) is 1.05. The van der Waals surface area contributed by atoms with E-state index in [2.05, 4.69) is 40.5 Å². The molecule has 0 unspecified atom stereocenters. The topological polar surface area (TPSA) is 271 Å². The van der Waals surface area contributed by atoms with E-state index < -0.39 is 0 Å². The summed E-state index contributed by atoms with van der Waals surface area (Å²) in [4.78, 5) is 41.0. The van der Waals surface area contributed by atoms with Gasteiger partial charge in [-0.05, 0) is 0 Å². The van der Waals surface area contributed by atoms with Crippen molar-refractivity contribution in [3.8, 4) is 0 Å². The molecular weight excluding hydrogens is 312 g/mol. The van der Waals surface area contributed by atoms with Crippen molar-refractivity contribution in [1.29, 1.82) is 0 Å². The number of hydrogen-bond donors (Lipinski definition) is 6. The number of anilines is 6. The summed E-state index contributed by atoms with van der Waals surface area (Å²) in [6.45, 7) is 0. The van der Waals surface area contributed by atoms with Gasteiger partial charge in [-0.15, -0.1) is 0 Å². The molecule has 2 amide bonds. The number of hydrogen-bond acceptors (Lipinski definition) is 12. The Morgan fingerprint density at radius 3 is 1.09 bits per heavy atom. The highest BCUT2D eigenvalue weighted by Gasteiger charge is 1.99. The number of carbonyl (C=O) groups excluding carboxylic acids is 2. The molecule has 0 spiro atoms. The first-order valence-corrected chi connectivity index (χ1v) is 5.39. The molecule has 0 aliphatic carbocycles. The number of nitrogens with two attached hydrogens (primary N) is 4. The Hall–Kier alpha value is -3.88. The minimum absolute atomic E-state index is 0. The number of carbonyl (C=O) groups is 2. The molecule has 0 saturated carbocycles. The summed E-state index contributed by atoms with van der Waals surface area (Å²) in [6.07, 6.45) is 0.850. The molecule has 2 aromatic heterocycles. The number of nitrogens with zero attached hydrogens (tertiary/aromatic N) is 6. The molecule has 0 aliphatic rings. The zero-order valence-corrected chi connectivity index (χ0v) is 11.5. The van der Waals surface area contributed by atoms with Gasteiger partial charge < -0.3 is 28.4 Å². The average molecular weight is 326 g/mol. The maximum absolute atomic E-state index is 9.90. The quantitative estimate of drug-likeness (QED) is 0.297. The number of nitrogen functional groups attached to an aromatic ring is 4. The number of aromatic nitrogens is 6. The number of amides is 2. The van der Waals surface area contributed by atoms with Gasteiger partial charge in [-0.2, -0.15) is 29.9 Å². The molecule has 12 N–H and O–H groups in total. The second-order valence-corrected chi connectivity index (χ2v) is 3.28. The lowest BCUT2D eigenvalue weighted by molar-refractivity contribution is -0.106. The predicted molar refractivity (Wildman–Crippen MR) is 80.3 cm³/mol. The van der Waals surface area contributed by atoms with Crippen LogP contribution in [0.2, 0.25) is 0 Å². The lowest BCUT2D eigenvalue weighted by Gasteiger charge is -1.97. The van der Waals surface area contributed by atoms with Crippen LogP contribution in [0.25, 0.3) is 0 Å². The van der Waals surface area contributed by atoms with Crippen LogP contribution in [0.4, 0.5) is 35.7 Å². The Morgan fingerprint density at radius 1 is 0.609 bits per heavy atom. The highest BCUT2D eigenvalue weighted by molar-refractivity contribution is 5.67. The van der Waals surface area contributed by atoms with Crippen LogP contribution < -0.4 is 33.6 Å². The third kappa shape index (κ3) is 6.90. The minimum atomic E-state index is -0.0261. The smallest absolute Gasteiger partial charge is 0.235 e. The van der Waals surface area contributed by atoms with Crippen LogP contribution in [0, 0.1) is 0 Å². The van der Waals surface area contributed by atoms with Gasteiger partial charge in [0.05, 0.1) is 0 Å². The van der Waals surface area contributed by atoms with E-state index in [0.29, 0.717) is 12.8 Å². The molecule has 2 heterocycles. The van der Waals surface area contributed by atoms with Gasteiger partial charge in [-0.3, -0.25) is 20.2 Å². The highest BCUT2D eigenvalue weighted by atomic mass is 16.1. The van der Waals surface area contributed by atoms with Gasteiger partial charge in [-0.25, -0.2) is 0 Å². The molecule has 0 bridgehead atoms. The molecule has 0 aliphatic heterocycles. The number of nitrogens with one attached hydrogen (secondary N) is 2. The second kappa shape index (κ2) is 9.13. The average Bonchev–Trinajstić information content (AvgIpc) is 2.37. The van der Waals surface area contributed by atoms with Crippen molar-refractivity contribution in [2.24, 2.45) is 0 Å². The first kappa shape index (κ1) is 19.1. The summed E-state index contributed by atoms with van der Waals surface area (Å²) in [5.41, 5.74) is 20.8. The Balaban J connectivity index is 0.000000403. The lowest BCUT2D eigenvalue weighted by Crippen LogP contribution is -2.07. The Morgan fingerprint density at radius 2 is 0.870 bits per heavy atom. The Kier molecular flexibility index (Phi) is 7.59. The van der Waals surface area contributed by atoms with E-state index in [-0.39, 0.29) is 41.2 Å². The normalized spacial score (nSPS) is 8.70. The van der Waals surface area contributed by atoms with Crippen LogP contribution in [0.5, 0.6) is 0 Å². The van der Waals surface area contributed by atoms with Crippen LogP contribution in [0.1, 0.15) is 0 Å². The number of rotatable bonds is 4. The molecular formula is C8H14N12O3. The molecule has 0 atom stereocenters. The van der Waals surface area contributed by atoms with Crippen molar-refractivity contribution in [3.05, 3.63) is 0 Å². The summed E-state index contributed by atoms with van der Waals surface area (Å²) in [5.74, 6) is -0.0117. The molecule has 124 valence electrons. The first-order valence-electron chi connectivity index (χ1n) is 5.39. The van der Waals surface area contributed by atoms with E-state index in [1.54, 1.807) is 0 Å². The molecule has 0 radical (unpaired) electrons. The predicted octanol–water partition coefficient (Wildman–Crippen LogP) is -3.62. The summed E-state index contributed by atoms with van der Waals surface area (Å²) >= 11 is 0. The Bertz CT molecular complexity index is 567. The van der Waals surface area contributed by atoms with Crippen LogP contribution in [-0.4, -0.2) is 48.2 Å². The van der Waals surface area contributed by atoms with Crippen LogP contribution >= 0.6 is 0 Å². The van der Waals surface area contributed by atoms with Gasteiger partial charge in [0.25, 0.3) is 0 Å². The first-order chi connectivity index (χ1) is 10.4.